The number of rotatable bonds is 6. The lowest BCUT2D eigenvalue weighted by Gasteiger charge is -1.88. The molecule has 0 saturated heterocycles. The molecule has 5 heteroatoms. The molecule has 0 aromatic heterocycles. The Kier molecular flexibility index (Phi) is 10.3. The molecule has 0 N–H and O–H groups in total. The summed E-state index contributed by atoms with van der Waals surface area (Å²) in [4.78, 5) is 21.1. The second-order valence-electron chi connectivity index (χ2n) is 2.48. The minimum atomic E-state index is 0.137. The Bertz CT molecular complexity index is 233. The summed E-state index contributed by atoms with van der Waals surface area (Å²) >= 11 is 4.13. The van der Waals surface area contributed by atoms with E-state index in [-0.39, 0.29) is 10.2 Å². The van der Waals surface area contributed by atoms with Crippen molar-refractivity contribution in [2.24, 2.45) is 0 Å². The highest BCUT2D eigenvalue weighted by atomic mass is 32.2. The minimum Gasteiger partial charge on any atom is -0.288 e. The van der Waals surface area contributed by atoms with Gasteiger partial charge in [-0.2, -0.15) is 0 Å². The summed E-state index contributed by atoms with van der Waals surface area (Å²) in [5.41, 5.74) is 0. The molecule has 0 atom stereocenters. The van der Waals surface area contributed by atoms with Crippen LogP contribution in [-0.4, -0.2) is 21.7 Å². The van der Waals surface area contributed by atoms with Gasteiger partial charge in [0.2, 0.25) is 0 Å². The Hall–Kier alpha value is -0.130. The van der Waals surface area contributed by atoms with Crippen molar-refractivity contribution in [3.05, 3.63) is 23.0 Å². The number of hydrogen-bond acceptors (Lipinski definition) is 5. The summed E-state index contributed by atoms with van der Waals surface area (Å²) < 4.78 is 0. The molecule has 0 aromatic carbocycles. The van der Waals surface area contributed by atoms with Crippen LogP contribution in [0.5, 0.6) is 0 Å². The first-order chi connectivity index (χ1) is 7.13. The molecule has 0 spiro atoms. The summed E-state index contributed by atoms with van der Waals surface area (Å²) in [7, 11) is 0. The molecule has 0 rings (SSSR count). The summed E-state index contributed by atoms with van der Waals surface area (Å²) in [6, 6.07) is 0. The van der Waals surface area contributed by atoms with Crippen LogP contribution in [0.15, 0.2) is 23.0 Å². The third-order valence-electron chi connectivity index (χ3n) is 1.12. The Morgan fingerprint density at radius 1 is 0.933 bits per heavy atom. The lowest BCUT2D eigenvalue weighted by molar-refractivity contribution is -0.109. The van der Waals surface area contributed by atoms with Gasteiger partial charge in [0.1, 0.15) is 0 Å². The first-order valence-electron chi connectivity index (χ1n) is 4.35. The second-order valence-corrected chi connectivity index (χ2v) is 5.70. The molecule has 0 fully saturated rings. The van der Waals surface area contributed by atoms with Gasteiger partial charge in [-0.15, -0.1) is 11.8 Å². The van der Waals surface area contributed by atoms with Gasteiger partial charge in [0, 0.05) is 25.4 Å². The van der Waals surface area contributed by atoms with Crippen molar-refractivity contribution in [1.29, 1.82) is 0 Å². The van der Waals surface area contributed by atoms with Crippen LogP contribution in [0, 0.1) is 0 Å². The molecular weight excluding hydrogens is 248 g/mol. The van der Waals surface area contributed by atoms with Crippen molar-refractivity contribution < 1.29 is 9.59 Å². The van der Waals surface area contributed by atoms with Crippen LogP contribution in [-0.2, 0) is 9.59 Å². The Morgan fingerprint density at radius 3 is 1.67 bits per heavy atom. The van der Waals surface area contributed by atoms with Gasteiger partial charge in [-0.05, 0) is 10.8 Å². The monoisotopic (exact) mass is 262 g/mol. The Balaban J connectivity index is 3.36. The van der Waals surface area contributed by atoms with Crippen LogP contribution in [0.3, 0.4) is 0 Å². The fourth-order valence-electron chi connectivity index (χ4n) is 0.566. The van der Waals surface area contributed by atoms with Crippen LogP contribution < -0.4 is 0 Å². The first-order valence-corrected chi connectivity index (χ1v) is 7.26. The second kappa shape index (κ2) is 10.4. The molecule has 0 radical (unpaired) electrons. The SMILES string of the molecule is CC(=O)SC/C=C/S/C=C/CSC(C)=O. The quantitative estimate of drug-likeness (QED) is 0.733. The smallest absolute Gasteiger partial charge is 0.186 e. The lowest BCUT2D eigenvalue weighted by Crippen LogP contribution is -1.81. The van der Waals surface area contributed by atoms with E-state index in [1.165, 1.54) is 23.5 Å². The van der Waals surface area contributed by atoms with Gasteiger partial charge in [0.25, 0.3) is 0 Å². The van der Waals surface area contributed by atoms with Crippen molar-refractivity contribution >= 4 is 45.5 Å². The molecule has 0 heterocycles. The van der Waals surface area contributed by atoms with Gasteiger partial charge in [-0.25, -0.2) is 0 Å². The molecule has 0 aliphatic carbocycles. The van der Waals surface area contributed by atoms with Gasteiger partial charge < -0.3 is 0 Å². The van der Waals surface area contributed by atoms with Gasteiger partial charge in [0.15, 0.2) is 10.2 Å². The molecule has 2 nitrogen and oxygen atoms in total. The number of carbonyl (C=O) groups excluding carboxylic acids is 2. The maximum Gasteiger partial charge on any atom is 0.186 e. The predicted molar refractivity (Wildman–Crippen MR) is 72.1 cm³/mol. The number of hydrogen-bond donors (Lipinski definition) is 0. The first kappa shape index (κ1) is 14.9. The van der Waals surface area contributed by atoms with Crippen LogP contribution in [0.2, 0.25) is 0 Å². The molecular formula is C10H14O2S3. The van der Waals surface area contributed by atoms with Crippen LogP contribution >= 0.6 is 35.3 Å². The molecule has 0 bridgehead atoms. The minimum absolute atomic E-state index is 0.137. The fourth-order valence-corrected chi connectivity index (χ4v) is 2.17. The van der Waals surface area contributed by atoms with E-state index in [1.54, 1.807) is 25.6 Å². The van der Waals surface area contributed by atoms with Gasteiger partial charge >= 0.3 is 0 Å². The molecule has 0 saturated carbocycles. The van der Waals surface area contributed by atoms with E-state index in [1.807, 2.05) is 23.0 Å². The average molecular weight is 262 g/mol. The van der Waals surface area contributed by atoms with Gasteiger partial charge in [-0.3, -0.25) is 9.59 Å². The molecule has 15 heavy (non-hydrogen) atoms. The van der Waals surface area contributed by atoms with E-state index in [4.69, 9.17) is 0 Å². The number of thioether (sulfide) groups is 3. The zero-order valence-corrected chi connectivity index (χ0v) is 11.2. The van der Waals surface area contributed by atoms with Crippen LogP contribution in [0.1, 0.15) is 13.8 Å². The molecule has 0 aliphatic rings. The summed E-state index contributed by atoms with van der Waals surface area (Å²) in [5, 5.41) is 4.14. The van der Waals surface area contributed by atoms with E-state index in [0.717, 1.165) is 11.5 Å². The third-order valence-corrected chi connectivity index (χ3v) is 3.35. The normalized spacial score (nSPS) is 11.3. The highest BCUT2D eigenvalue weighted by Crippen LogP contribution is 2.09. The van der Waals surface area contributed by atoms with E-state index >= 15 is 0 Å². The fraction of sp³-hybridized carbons (Fsp3) is 0.400. The molecule has 0 unspecified atom stereocenters. The van der Waals surface area contributed by atoms with Crippen molar-refractivity contribution in [3.63, 3.8) is 0 Å². The summed E-state index contributed by atoms with van der Waals surface area (Å²) in [6.07, 6.45) is 3.89. The molecule has 0 aromatic rings. The number of carbonyl (C=O) groups is 2. The maximum absolute atomic E-state index is 10.6. The summed E-state index contributed by atoms with van der Waals surface area (Å²) in [6.45, 7) is 3.12. The van der Waals surface area contributed by atoms with E-state index in [2.05, 4.69) is 0 Å². The van der Waals surface area contributed by atoms with Crippen molar-refractivity contribution in [1.82, 2.24) is 0 Å². The summed E-state index contributed by atoms with van der Waals surface area (Å²) in [5.74, 6) is 1.44. The standard InChI is InChI=1S/C10H14O2S3/c1-9(11)14-7-3-5-13-6-4-8-15-10(2)12/h3-6H,7-8H2,1-2H3/b5-3+,6-4+. The zero-order valence-electron chi connectivity index (χ0n) is 8.76. The van der Waals surface area contributed by atoms with Crippen molar-refractivity contribution in [2.45, 2.75) is 13.8 Å². The van der Waals surface area contributed by atoms with E-state index in [9.17, 15) is 9.59 Å². The van der Waals surface area contributed by atoms with Gasteiger partial charge in [-0.1, -0.05) is 35.7 Å². The average Bonchev–Trinajstić information content (AvgIpc) is 2.14. The maximum atomic E-state index is 10.6. The zero-order chi connectivity index (χ0) is 11.5. The Morgan fingerprint density at radius 2 is 1.33 bits per heavy atom. The molecule has 84 valence electrons. The van der Waals surface area contributed by atoms with E-state index in [0.29, 0.717) is 0 Å². The molecule has 0 amide bonds. The third kappa shape index (κ3) is 13.9. The predicted octanol–water partition coefficient (Wildman–Crippen LogP) is 3.31. The van der Waals surface area contributed by atoms with Crippen LogP contribution in [0.4, 0.5) is 0 Å². The van der Waals surface area contributed by atoms with E-state index < -0.39 is 0 Å². The van der Waals surface area contributed by atoms with Crippen LogP contribution in [0.25, 0.3) is 0 Å². The van der Waals surface area contributed by atoms with Crippen molar-refractivity contribution in [3.8, 4) is 0 Å². The molecule has 0 aliphatic heterocycles. The topological polar surface area (TPSA) is 34.1 Å². The van der Waals surface area contributed by atoms with Gasteiger partial charge in [0.05, 0.1) is 0 Å². The Labute approximate surface area is 103 Å². The van der Waals surface area contributed by atoms with Crippen molar-refractivity contribution in [2.75, 3.05) is 11.5 Å². The highest BCUT2D eigenvalue weighted by molar-refractivity contribution is 8.14. The largest absolute Gasteiger partial charge is 0.288 e. The lowest BCUT2D eigenvalue weighted by atomic mass is 10.8. The highest BCUT2D eigenvalue weighted by Gasteiger charge is 1.89.